The van der Waals surface area contributed by atoms with Crippen molar-refractivity contribution in [2.24, 2.45) is 0 Å². The van der Waals surface area contributed by atoms with E-state index in [2.05, 4.69) is 9.97 Å². The van der Waals surface area contributed by atoms with Gasteiger partial charge in [0.25, 0.3) is 0 Å². The summed E-state index contributed by atoms with van der Waals surface area (Å²) in [6.45, 7) is 5.59. The van der Waals surface area contributed by atoms with E-state index in [1.807, 2.05) is 45.0 Å². The van der Waals surface area contributed by atoms with Gasteiger partial charge in [0.15, 0.2) is 0 Å². The van der Waals surface area contributed by atoms with Crippen LogP contribution >= 0.6 is 11.6 Å². The highest BCUT2D eigenvalue weighted by Gasteiger charge is 2.15. The van der Waals surface area contributed by atoms with E-state index in [-0.39, 0.29) is 23.0 Å². The van der Waals surface area contributed by atoms with Crippen molar-refractivity contribution in [2.75, 3.05) is 5.73 Å². The molecule has 0 amide bonds. The number of hydrogen-bond donors (Lipinski definition) is 1. The third-order valence-corrected chi connectivity index (χ3v) is 3.29. The van der Waals surface area contributed by atoms with Crippen molar-refractivity contribution >= 4 is 23.5 Å². The maximum atomic E-state index is 11.7. The molecular formula is C18H22ClN3O3. The zero-order chi connectivity index (χ0) is 18.4. The molecule has 0 unspecified atom stereocenters. The molecule has 0 atom stereocenters. The fourth-order valence-electron chi connectivity index (χ4n) is 2.14. The van der Waals surface area contributed by atoms with Crippen LogP contribution in [0.25, 0.3) is 0 Å². The Balaban J connectivity index is 1.84. The largest absolute Gasteiger partial charge is 0.460 e. The maximum Gasteiger partial charge on any atom is 0.306 e. The number of benzene rings is 1. The first kappa shape index (κ1) is 19.0. The van der Waals surface area contributed by atoms with Crippen molar-refractivity contribution in [2.45, 2.75) is 45.6 Å². The zero-order valence-electron chi connectivity index (χ0n) is 14.6. The quantitative estimate of drug-likeness (QED) is 0.612. The van der Waals surface area contributed by atoms with Gasteiger partial charge in [-0.3, -0.25) is 4.79 Å². The number of esters is 1. The monoisotopic (exact) mass is 363 g/mol. The van der Waals surface area contributed by atoms with Gasteiger partial charge in [-0.05, 0) is 51.3 Å². The summed E-state index contributed by atoms with van der Waals surface area (Å²) < 4.78 is 10.9. The van der Waals surface area contributed by atoms with E-state index in [1.165, 1.54) is 6.07 Å². The molecule has 2 N–H and O–H groups in total. The van der Waals surface area contributed by atoms with E-state index >= 15 is 0 Å². The molecule has 0 saturated carbocycles. The zero-order valence-corrected chi connectivity index (χ0v) is 15.3. The first-order chi connectivity index (χ1) is 11.7. The van der Waals surface area contributed by atoms with Gasteiger partial charge in [-0.2, -0.15) is 4.98 Å². The normalized spacial score (nSPS) is 11.2. The number of rotatable bonds is 6. The number of aromatic nitrogens is 2. The Morgan fingerprint density at radius 1 is 1.20 bits per heavy atom. The lowest BCUT2D eigenvalue weighted by molar-refractivity contribution is -0.154. The molecule has 1 heterocycles. The van der Waals surface area contributed by atoms with Crippen molar-refractivity contribution < 1.29 is 14.3 Å². The molecule has 7 heteroatoms. The number of hydrogen-bond acceptors (Lipinski definition) is 6. The number of nitrogens with zero attached hydrogens (tertiary/aromatic N) is 2. The van der Waals surface area contributed by atoms with Gasteiger partial charge in [0.05, 0.1) is 0 Å². The van der Waals surface area contributed by atoms with Crippen molar-refractivity contribution in [1.29, 1.82) is 0 Å². The van der Waals surface area contributed by atoms with Gasteiger partial charge in [-0.15, -0.1) is 0 Å². The van der Waals surface area contributed by atoms with E-state index in [0.717, 1.165) is 18.4 Å². The molecule has 0 radical (unpaired) electrons. The highest BCUT2D eigenvalue weighted by atomic mass is 35.5. The van der Waals surface area contributed by atoms with Gasteiger partial charge in [0, 0.05) is 12.5 Å². The first-order valence-corrected chi connectivity index (χ1v) is 8.38. The summed E-state index contributed by atoms with van der Waals surface area (Å²) in [4.78, 5) is 19.4. The number of anilines is 1. The lowest BCUT2D eigenvalue weighted by Gasteiger charge is -2.19. The minimum atomic E-state index is -0.441. The number of nitrogen functional groups attached to an aromatic ring is 1. The standard InChI is InChI=1S/C18H22ClN3O3/c1-18(2,3)25-16(23)6-4-5-12-7-9-13(10-8-12)24-15-11-14(19)21-17(20)22-15/h7-11H,4-6H2,1-3H3,(H2,20,21,22). The Hall–Kier alpha value is -2.34. The van der Waals surface area contributed by atoms with Crippen LogP contribution in [-0.2, 0) is 16.0 Å². The lowest BCUT2D eigenvalue weighted by Crippen LogP contribution is -2.23. The molecule has 0 aliphatic carbocycles. The number of ether oxygens (including phenoxy) is 2. The summed E-state index contributed by atoms with van der Waals surface area (Å²) in [6, 6.07) is 9.03. The number of halogens is 1. The number of carbonyl (C=O) groups is 1. The van der Waals surface area contributed by atoms with Crippen molar-refractivity contribution in [3.8, 4) is 11.6 Å². The third-order valence-electron chi connectivity index (χ3n) is 3.10. The van der Waals surface area contributed by atoms with E-state index in [1.54, 1.807) is 0 Å². The molecule has 6 nitrogen and oxygen atoms in total. The van der Waals surface area contributed by atoms with Crippen molar-refractivity contribution in [3.63, 3.8) is 0 Å². The molecule has 1 aromatic heterocycles. The Morgan fingerprint density at radius 3 is 2.48 bits per heavy atom. The molecule has 0 saturated heterocycles. The van der Waals surface area contributed by atoms with Crippen LogP contribution in [0.2, 0.25) is 5.15 Å². The summed E-state index contributed by atoms with van der Waals surface area (Å²) in [6.07, 6.45) is 1.91. The van der Waals surface area contributed by atoms with Gasteiger partial charge < -0.3 is 15.2 Å². The summed E-state index contributed by atoms with van der Waals surface area (Å²) in [5, 5.41) is 0.223. The molecule has 0 aliphatic heterocycles. The summed E-state index contributed by atoms with van der Waals surface area (Å²) >= 11 is 5.82. The van der Waals surface area contributed by atoms with Crippen LogP contribution < -0.4 is 10.5 Å². The Kier molecular flexibility index (Phi) is 6.20. The number of nitrogens with two attached hydrogens (primary N) is 1. The summed E-state index contributed by atoms with van der Waals surface area (Å²) in [5.41, 5.74) is 6.20. The van der Waals surface area contributed by atoms with E-state index in [0.29, 0.717) is 12.2 Å². The van der Waals surface area contributed by atoms with Crippen LogP contribution in [-0.4, -0.2) is 21.5 Å². The Morgan fingerprint density at radius 2 is 1.88 bits per heavy atom. The van der Waals surface area contributed by atoms with Crippen molar-refractivity contribution in [1.82, 2.24) is 9.97 Å². The maximum absolute atomic E-state index is 11.7. The number of aryl methyl sites for hydroxylation is 1. The topological polar surface area (TPSA) is 87.3 Å². The van der Waals surface area contributed by atoms with E-state index in [4.69, 9.17) is 26.8 Å². The van der Waals surface area contributed by atoms with Gasteiger partial charge in [-0.25, -0.2) is 4.98 Å². The van der Waals surface area contributed by atoms with Crippen LogP contribution in [0.1, 0.15) is 39.2 Å². The van der Waals surface area contributed by atoms with Crippen LogP contribution in [0.5, 0.6) is 11.6 Å². The second-order valence-electron chi connectivity index (χ2n) is 6.57. The second kappa shape index (κ2) is 8.16. The van der Waals surface area contributed by atoms with Crippen LogP contribution in [0.4, 0.5) is 5.95 Å². The van der Waals surface area contributed by atoms with Gasteiger partial charge in [0.2, 0.25) is 11.8 Å². The molecule has 134 valence electrons. The summed E-state index contributed by atoms with van der Waals surface area (Å²) in [7, 11) is 0. The van der Waals surface area contributed by atoms with E-state index < -0.39 is 5.60 Å². The molecule has 0 fully saturated rings. The molecular weight excluding hydrogens is 342 g/mol. The Labute approximate surface area is 152 Å². The second-order valence-corrected chi connectivity index (χ2v) is 6.96. The summed E-state index contributed by atoms with van der Waals surface area (Å²) in [5.74, 6) is 0.784. The average molecular weight is 364 g/mol. The van der Waals surface area contributed by atoms with Crippen LogP contribution in [0.3, 0.4) is 0 Å². The molecule has 0 spiro atoms. The highest BCUT2D eigenvalue weighted by Crippen LogP contribution is 2.23. The van der Waals surface area contributed by atoms with Crippen LogP contribution in [0.15, 0.2) is 30.3 Å². The smallest absolute Gasteiger partial charge is 0.306 e. The lowest BCUT2D eigenvalue weighted by atomic mass is 10.1. The van der Waals surface area contributed by atoms with E-state index in [9.17, 15) is 4.79 Å². The predicted molar refractivity (Wildman–Crippen MR) is 96.8 cm³/mol. The molecule has 25 heavy (non-hydrogen) atoms. The van der Waals surface area contributed by atoms with Crippen molar-refractivity contribution in [3.05, 3.63) is 41.0 Å². The number of carbonyl (C=O) groups excluding carboxylic acids is 1. The van der Waals surface area contributed by atoms with Gasteiger partial charge in [0.1, 0.15) is 16.5 Å². The minimum Gasteiger partial charge on any atom is -0.460 e. The Bertz CT molecular complexity index is 707. The fourth-order valence-corrected chi connectivity index (χ4v) is 2.32. The van der Waals surface area contributed by atoms with Crippen LogP contribution in [0, 0.1) is 0 Å². The van der Waals surface area contributed by atoms with Gasteiger partial charge >= 0.3 is 5.97 Å². The molecule has 2 rings (SSSR count). The predicted octanol–water partition coefficient (Wildman–Crippen LogP) is 4.17. The average Bonchev–Trinajstić information content (AvgIpc) is 2.46. The SMILES string of the molecule is CC(C)(C)OC(=O)CCCc1ccc(Oc2cc(Cl)nc(N)n2)cc1. The molecule has 0 aliphatic rings. The third kappa shape index (κ3) is 6.97. The minimum absolute atomic E-state index is 0.0567. The first-order valence-electron chi connectivity index (χ1n) is 8.00. The van der Waals surface area contributed by atoms with Gasteiger partial charge in [-0.1, -0.05) is 23.7 Å². The molecule has 2 aromatic rings. The molecule has 1 aromatic carbocycles. The molecule has 0 bridgehead atoms. The fraction of sp³-hybridized carbons (Fsp3) is 0.389. The highest BCUT2D eigenvalue weighted by molar-refractivity contribution is 6.29.